The van der Waals surface area contributed by atoms with Crippen LogP contribution < -0.4 is 10.2 Å². The van der Waals surface area contributed by atoms with Gasteiger partial charge in [-0.2, -0.15) is 0 Å². The Morgan fingerprint density at radius 2 is 1.80 bits per heavy atom. The standard InChI is InChI=1S/C21H21NO3/c1-14(23)21(12-13-21)20-18(15-6-4-3-5-7-15)19(22-25-20)16-8-10-17(24-2)11-9-16/h3-11,19,22H,12-13H2,1-2H3. The third-order valence-electron chi connectivity index (χ3n) is 5.20. The lowest BCUT2D eigenvalue weighted by Gasteiger charge is -2.16. The molecule has 1 N–H and O–H groups in total. The van der Waals surface area contributed by atoms with E-state index in [1.54, 1.807) is 14.0 Å². The van der Waals surface area contributed by atoms with Crippen molar-refractivity contribution in [3.63, 3.8) is 0 Å². The van der Waals surface area contributed by atoms with Gasteiger partial charge < -0.3 is 9.57 Å². The summed E-state index contributed by atoms with van der Waals surface area (Å²) in [5.41, 5.74) is 5.90. The minimum Gasteiger partial charge on any atom is -0.497 e. The van der Waals surface area contributed by atoms with Crippen LogP contribution in [0.25, 0.3) is 5.57 Å². The molecule has 0 amide bonds. The van der Waals surface area contributed by atoms with Crippen LogP contribution in [-0.2, 0) is 9.63 Å². The molecule has 1 unspecified atom stereocenters. The zero-order valence-electron chi connectivity index (χ0n) is 14.4. The first-order valence-electron chi connectivity index (χ1n) is 8.53. The molecule has 2 aromatic carbocycles. The zero-order valence-corrected chi connectivity index (χ0v) is 14.4. The van der Waals surface area contributed by atoms with Gasteiger partial charge in [-0.15, -0.1) is 5.48 Å². The van der Waals surface area contributed by atoms with E-state index in [9.17, 15) is 4.79 Å². The molecule has 4 heteroatoms. The van der Waals surface area contributed by atoms with Crippen molar-refractivity contribution in [1.29, 1.82) is 0 Å². The van der Waals surface area contributed by atoms with Gasteiger partial charge in [-0.25, -0.2) is 0 Å². The van der Waals surface area contributed by atoms with Crippen molar-refractivity contribution in [2.24, 2.45) is 5.41 Å². The number of methoxy groups -OCH3 is 1. The van der Waals surface area contributed by atoms with E-state index in [0.717, 1.165) is 41.1 Å². The number of allylic oxidation sites excluding steroid dienone is 1. The Hall–Kier alpha value is -2.59. The van der Waals surface area contributed by atoms with Gasteiger partial charge >= 0.3 is 0 Å². The van der Waals surface area contributed by atoms with E-state index >= 15 is 0 Å². The summed E-state index contributed by atoms with van der Waals surface area (Å²) in [5, 5.41) is 0. The number of carbonyl (C=O) groups is 1. The number of nitrogens with one attached hydrogen (secondary N) is 1. The van der Waals surface area contributed by atoms with E-state index in [-0.39, 0.29) is 11.8 Å². The summed E-state index contributed by atoms with van der Waals surface area (Å²) < 4.78 is 5.25. The quantitative estimate of drug-likeness (QED) is 0.895. The minimum absolute atomic E-state index is 0.111. The highest BCUT2D eigenvalue weighted by molar-refractivity contribution is 5.92. The minimum atomic E-state index is -0.459. The zero-order chi connectivity index (χ0) is 17.4. The van der Waals surface area contributed by atoms with Crippen LogP contribution in [0.3, 0.4) is 0 Å². The van der Waals surface area contributed by atoms with E-state index in [0.29, 0.717) is 0 Å². The summed E-state index contributed by atoms with van der Waals surface area (Å²) in [4.78, 5) is 18.2. The molecule has 0 aromatic heterocycles. The second-order valence-electron chi connectivity index (χ2n) is 6.67. The average molecular weight is 335 g/mol. The smallest absolute Gasteiger partial charge is 0.143 e. The molecule has 2 aromatic rings. The summed E-state index contributed by atoms with van der Waals surface area (Å²) in [6, 6.07) is 18.0. The fraction of sp³-hybridized carbons (Fsp3) is 0.286. The highest BCUT2D eigenvalue weighted by Crippen LogP contribution is 2.58. The number of carbonyl (C=O) groups excluding carboxylic acids is 1. The first kappa shape index (κ1) is 15.9. The van der Waals surface area contributed by atoms with Crippen LogP contribution in [0.4, 0.5) is 0 Å². The van der Waals surface area contributed by atoms with Crippen LogP contribution in [-0.4, -0.2) is 12.9 Å². The van der Waals surface area contributed by atoms with Gasteiger partial charge in [0.2, 0.25) is 0 Å². The van der Waals surface area contributed by atoms with Gasteiger partial charge in [0.1, 0.15) is 17.3 Å². The van der Waals surface area contributed by atoms with Crippen LogP contribution in [0.5, 0.6) is 5.75 Å². The lowest BCUT2D eigenvalue weighted by Crippen LogP contribution is -2.18. The number of hydroxylamine groups is 1. The van der Waals surface area contributed by atoms with Gasteiger partial charge in [0.25, 0.3) is 0 Å². The lowest BCUT2D eigenvalue weighted by atomic mass is 9.87. The molecule has 0 saturated heterocycles. The van der Waals surface area contributed by atoms with E-state index in [1.807, 2.05) is 42.5 Å². The summed E-state index contributed by atoms with van der Waals surface area (Å²) in [6.07, 6.45) is 1.70. The molecule has 25 heavy (non-hydrogen) atoms. The molecule has 1 aliphatic carbocycles. The van der Waals surface area contributed by atoms with Gasteiger partial charge in [0, 0.05) is 5.57 Å². The summed E-state index contributed by atoms with van der Waals surface area (Å²) in [6.45, 7) is 1.66. The number of rotatable bonds is 5. The van der Waals surface area contributed by atoms with Gasteiger partial charge in [0.15, 0.2) is 0 Å². The first-order chi connectivity index (χ1) is 12.2. The number of Topliss-reactive ketones (excluding diaryl/α,β-unsaturated/α-hetero) is 1. The predicted octanol–water partition coefficient (Wildman–Crippen LogP) is 4.05. The number of hydrogen-bond donors (Lipinski definition) is 1. The molecule has 0 radical (unpaired) electrons. The van der Waals surface area contributed by atoms with Gasteiger partial charge in [-0.1, -0.05) is 42.5 Å². The van der Waals surface area contributed by atoms with Crippen LogP contribution >= 0.6 is 0 Å². The summed E-state index contributed by atoms with van der Waals surface area (Å²) >= 11 is 0. The van der Waals surface area contributed by atoms with Crippen molar-refractivity contribution in [3.05, 3.63) is 71.5 Å². The molecule has 1 heterocycles. The van der Waals surface area contributed by atoms with Crippen molar-refractivity contribution in [2.45, 2.75) is 25.8 Å². The fourth-order valence-corrected chi connectivity index (χ4v) is 3.53. The molecule has 0 spiro atoms. The molecular formula is C21H21NO3. The van der Waals surface area contributed by atoms with Gasteiger partial charge in [-0.3, -0.25) is 4.79 Å². The second-order valence-corrected chi connectivity index (χ2v) is 6.67. The largest absolute Gasteiger partial charge is 0.497 e. The average Bonchev–Trinajstić information content (AvgIpc) is 3.35. The van der Waals surface area contributed by atoms with E-state index in [2.05, 4.69) is 17.6 Å². The summed E-state index contributed by atoms with van der Waals surface area (Å²) in [5.74, 6) is 1.77. The maximum atomic E-state index is 12.3. The van der Waals surface area contributed by atoms with E-state index < -0.39 is 5.41 Å². The molecule has 1 saturated carbocycles. The Balaban J connectivity index is 1.82. The highest BCUT2D eigenvalue weighted by Gasteiger charge is 2.56. The van der Waals surface area contributed by atoms with E-state index in [4.69, 9.17) is 9.57 Å². The van der Waals surface area contributed by atoms with Crippen LogP contribution in [0.15, 0.2) is 60.4 Å². The molecule has 2 aliphatic rings. The number of ketones is 1. The molecule has 4 rings (SSSR count). The van der Waals surface area contributed by atoms with Crippen molar-refractivity contribution in [3.8, 4) is 5.75 Å². The van der Waals surface area contributed by atoms with Gasteiger partial charge in [0.05, 0.1) is 18.6 Å². The van der Waals surface area contributed by atoms with Crippen LogP contribution in [0.2, 0.25) is 0 Å². The number of ether oxygens (including phenoxy) is 1. The third kappa shape index (κ3) is 2.63. The molecular weight excluding hydrogens is 314 g/mol. The highest BCUT2D eigenvalue weighted by atomic mass is 16.7. The van der Waals surface area contributed by atoms with Crippen molar-refractivity contribution >= 4 is 11.4 Å². The maximum Gasteiger partial charge on any atom is 0.143 e. The molecule has 1 aliphatic heterocycles. The molecule has 4 nitrogen and oxygen atoms in total. The number of hydrogen-bond acceptors (Lipinski definition) is 4. The van der Waals surface area contributed by atoms with Crippen LogP contribution in [0.1, 0.15) is 36.9 Å². The van der Waals surface area contributed by atoms with E-state index in [1.165, 1.54) is 0 Å². The molecule has 0 bridgehead atoms. The Morgan fingerprint density at radius 3 is 2.36 bits per heavy atom. The summed E-state index contributed by atoms with van der Waals surface area (Å²) in [7, 11) is 1.66. The predicted molar refractivity (Wildman–Crippen MR) is 95.7 cm³/mol. The van der Waals surface area contributed by atoms with Crippen LogP contribution in [0, 0.1) is 5.41 Å². The molecule has 1 fully saturated rings. The fourth-order valence-electron chi connectivity index (χ4n) is 3.53. The molecule has 128 valence electrons. The maximum absolute atomic E-state index is 12.3. The normalized spacial score (nSPS) is 21.0. The lowest BCUT2D eigenvalue weighted by molar-refractivity contribution is -0.122. The number of benzene rings is 2. The second kappa shape index (κ2) is 6.05. The van der Waals surface area contributed by atoms with Crippen molar-refractivity contribution < 1.29 is 14.4 Å². The Bertz CT molecular complexity index is 820. The third-order valence-corrected chi connectivity index (χ3v) is 5.20. The first-order valence-corrected chi connectivity index (χ1v) is 8.53. The Morgan fingerprint density at radius 1 is 1.12 bits per heavy atom. The van der Waals surface area contributed by atoms with Crippen molar-refractivity contribution in [2.75, 3.05) is 7.11 Å². The van der Waals surface area contributed by atoms with Crippen molar-refractivity contribution in [1.82, 2.24) is 5.48 Å². The van der Waals surface area contributed by atoms with Gasteiger partial charge in [-0.05, 0) is 43.0 Å². The monoisotopic (exact) mass is 335 g/mol. The Labute approximate surface area is 147 Å². The molecule has 1 atom stereocenters. The topological polar surface area (TPSA) is 47.6 Å². The SMILES string of the molecule is COc1ccc(C2NOC(C3(C(C)=O)CC3)=C2c2ccccc2)cc1. The Kier molecular flexibility index (Phi) is 3.85.